The maximum Gasteiger partial charge on any atom is 0.335 e. The molecule has 1 aliphatic carbocycles. The van der Waals surface area contributed by atoms with Crippen molar-refractivity contribution >= 4 is 27.4 Å². The Labute approximate surface area is 199 Å². The summed E-state index contributed by atoms with van der Waals surface area (Å²) in [5.41, 5.74) is 5.65. The van der Waals surface area contributed by atoms with Crippen LogP contribution in [0.1, 0.15) is 51.0 Å². The van der Waals surface area contributed by atoms with Gasteiger partial charge in [0.15, 0.2) is 0 Å². The van der Waals surface area contributed by atoms with Crippen LogP contribution in [0.4, 0.5) is 11.4 Å². The first kappa shape index (κ1) is 22.2. The van der Waals surface area contributed by atoms with Gasteiger partial charge >= 0.3 is 5.97 Å². The predicted octanol–water partition coefficient (Wildman–Crippen LogP) is 5.63. The van der Waals surface area contributed by atoms with Crippen LogP contribution in [-0.4, -0.2) is 19.5 Å². The third-order valence-electron chi connectivity index (χ3n) is 6.79. The normalized spacial score (nSPS) is 20.8. The predicted molar refractivity (Wildman–Crippen MR) is 133 cm³/mol. The molecule has 6 nitrogen and oxygen atoms in total. The SMILES string of the molecule is Cc1ccc(NS(=O)(=O)c2ccc3c(c2)[C@H]2C=CC[C@H]2[C@@H](c2ccc(C(=O)O)cc2)N3)c(C)c1. The highest BCUT2D eigenvalue weighted by Crippen LogP contribution is 2.50. The van der Waals surface area contributed by atoms with E-state index in [-0.39, 0.29) is 28.3 Å². The number of anilines is 2. The number of hydrogen-bond donors (Lipinski definition) is 3. The number of fused-ring (bicyclic) bond motifs is 3. The molecular weight excluding hydrogens is 448 g/mol. The minimum Gasteiger partial charge on any atom is -0.478 e. The van der Waals surface area contributed by atoms with E-state index in [1.165, 1.54) is 0 Å². The molecule has 2 aliphatic rings. The molecule has 0 bridgehead atoms. The van der Waals surface area contributed by atoms with E-state index in [1.54, 1.807) is 30.3 Å². The highest BCUT2D eigenvalue weighted by molar-refractivity contribution is 7.92. The molecule has 174 valence electrons. The van der Waals surface area contributed by atoms with Gasteiger partial charge in [0.2, 0.25) is 0 Å². The van der Waals surface area contributed by atoms with Crippen LogP contribution in [-0.2, 0) is 10.0 Å². The fourth-order valence-corrected chi connectivity index (χ4v) is 6.20. The van der Waals surface area contributed by atoms with Crippen LogP contribution in [0.15, 0.2) is 77.7 Å². The standard InChI is InChI=1S/C27H26N2O4S/c1-16-6-12-24(17(2)14-16)29-34(32,33)20-11-13-25-23(15-20)21-4-3-5-22(21)26(28-25)18-7-9-19(10-8-18)27(30)31/h3-4,6-15,21-22,26,28-29H,5H2,1-2H3,(H,30,31)/t21-,22+,26+/m0/s1. The van der Waals surface area contributed by atoms with Crippen LogP contribution in [0.2, 0.25) is 0 Å². The van der Waals surface area contributed by atoms with Gasteiger partial charge in [0.05, 0.1) is 22.2 Å². The number of rotatable bonds is 5. The number of carboxylic acid groups (broad SMARTS) is 1. The fraction of sp³-hybridized carbons (Fsp3) is 0.222. The van der Waals surface area contributed by atoms with Crippen molar-refractivity contribution in [2.24, 2.45) is 5.92 Å². The lowest BCUT2D eigenvalue weighted by molar-refractivity contribution is 0.0697. The Morgan fingerprint density at radius 3 is 2.50 bits per heavy atom. The van der Waals surface area contributed by atoms with Crippen molar-refractivity contribution in [3.63, 3.8) is 0 Å². The van der Waals surface area contributed by atoms with Crippen molar-refractivity contribution in [3.05, 3.63) is 101 Å². The summed E-state index contributed by atoms with van der Waals surface area (Å²) in [5, 5.41) is 12.8. The van der Waals surface area contributed by atoms with Gasteiger partial charge in [-0.15, -0.1) is 0 Å². The summed E-state index contributed by atoms with van der Waals surface area (Å²) in [7, 11) is -3.75. The van der Waals surface area contributed by atoms with E-state index < -0.39 is 16.0 Å². The largest absolute Gasteiger partial charge is 0.478 e. The molecule has 3 atom stereocenters. The average Bonchev–Trinajstić information content (AvgIpc) is 3.30. The molecule has 3 N–H and O–H groups in total. The molecule has 5 rings (SSSR count). The van der Waals surface area contributed by atoms with E-state index in [1.807, 2.05) is 44.2 Å². The summed E-state index contributed by atoms with van der Waals surface area (Å²) in [6.07, 6.45) is 5.15. The fourth-order valence-electron chi connectivity index (χ4n) is 5.03. The van der Waals surface area contributed by atoms with Crippen LogP contribution in [0.5, 0.6) is 0 Å². The molecule has 3 aromatic carbocycles. The number of carbonyl (C=O) groups is 1. The quantitative estimate of drug-likeness (QED) is 0.417. The molecule has 7 heteroatoms. The van der Waals surface area contributed by atoms with E-state index >= 15 is 0 Å². The number of nitrogens with one attached hydrogen (secondary N) is 2. The zero-order valence-corrected chi connectivity index (χ0v) is 19.8. The summed E-state index contributed by atoms with van der Waals surface area (Å²) in [6, 6.07) is 17.8. The second-order valence-corrected chi connectivity index (χ2v) is 10.8. The van der Waals surface area contributed by atoms with Crippen LogP contribution < -0.4 is 10.0 Å². The molecule has 0 unspecified atom stereocenters. The Kier molecular flexibility index (Phi) is 5.44. The number of hydrogen-bond acceptors (Lipinski definition) is 4. The van der Waals surface area contributed by atoms with Crippen LogP contribution >= 0.6 is 0 Å². The van der Waals surface area contributed by atoms with Gasteiger partial charge in [-0.1, -0.05) is 42.0 Å². The second kappa shape index (κ2) is 8.33. The molecule has 0 amide bonds. The number of sulfonamides is 1. The van der Waals surface area contributed by atoms with Crippen molar-refractivity contribution in [3.8, 4) is 0 Å². The van der Waals surface area contributed by atoms with Crippen molar-refractivity contribution < 1.29 is 18.3 Å². The Hall–Kier alpha value is -3.58. The maximum atomic E-state index is 13.2. The number of benzene rings is 3. The Morgan fingerprint density at radius 1 is 1.03 bits per heavy atom. The molecule has 0 spiro atoms. The third kappa shape index (κ3) is 3.96. The second-order valence-electron chi connectivity index (χ2n) is 9.08. The first-order valence-electron chi connectivity index (χ1n) is 11.2. The van der Waals surface area contributed by atoms with Gasteiger partial charge in [-0.2, -0.15) is 0 Å². The van der Waals surface area contributed by atoms with Gasteiger partial charge in [0, 0.05) is 11.6 Å². The summed E-state index contributed by atoms with van der Waals surface area (Å²) in [4.78, 5) is 11.4. The van der Waals surface area contributed by atoms with Crippen molar-refractivity contribution in [1.82, 2.24) is 0 Å². The summed E-state index contributed by atoms with van der Waals surface area (Å²) in [5.74, 6) is -0.651. The Morgan fingerprint density at radius 2 is 1.79 bits per heavy atom. The summed E-state index contributed by atoms with van der Waals surface area (Å²) < 4.78 is 29.1. The minimum absolute atomic E-state index is 0.00568. The third-order valence-corrected chi connectivity index (χ3v) is 8.15. The Balaban J connectivity index is 1.47. The van der Waals surface area contributed by atoms with Gasteiger partial charge in [0.25, 0.3) is 10.0 Å². The lowest BCUT2D eigenvalue weighted by Gasteiger charge is -2.37. The molecule has 0 aromatic heterocycles. The molecule has 1 heterocycles. The summed E-state index contributed by atoms with van der Waals surface area (Å²) >= 11 is 0. The highest BCUT2D eigenvalue weighted by Gasteiger charge is 2.38. The molecule has 0 saturated heterocycles. The number of allylic oxidation sites excluding steroid dienone is 2. The number of carboxylic acids is 1. The monoisotopic (exact) mass is 474 g/mol. The molecule has 0 saturated carbocycles. The van der Waals surface area contributed by atoms with Gasteiger partial charge in [0.1, 0.15) is 0 Å². The van der Waals surface area contributed by atoms with Crippen LogP contribution in [0.25, 0.3) is 0 Å². The van der Waals surface area contributed by atoms with Gasteiger partial charge in [-0.25, -0.2) is 13.2 Å². The zero-order chi connectivity index (χ0) is 24.0. The highest BCUT2D eigenvalue weighted by atomic mass is 32.2. The lowest BCUT2D eigenvalue weighted by Crippen LogP contribution is -2.29. The maximum absolute atomic E-state index is 13.2. The van der Waals surface area contributed by atoms with Crippen molar-refractivity contribution in [2.45, 2.75) is 37.1 Å². The smallest absolute Gasteiger partial charge is 0.335 e. The molecule has 0 fully saturated rings. The number of aromatic carboxylic acids is 1. The van der Waals surface area contributed by atoms with Crippen LogP contribution in [0.3, 0.4) is 0 Å². The van der Waals surface area contributed by atoms with Gasteiger partial charge in [-0.3, -0.25) is 4.72 Å². The number of aryl methyl sites for hydroxylation is 2. The van der Waals surface area contributed by atoms with Gasteiger partial charge < -0.3 is 10.4 Å². The summed E-state index contributed by atoms with van der Waals surface area (Å²) in [6.45, 7) is 3.86. The first-order chi connectivity index (χ1) is 16.2. The van der Waals surface area contributed by atoms with E-state index in [4.69, 9.17) is 0 Å². The van der Waals surface area contributed by atoms with Crippen LogP contribution in [0, 0.1) is 19.8 Å². The lowest BCUT2D eigenvalue weighted by atomic mass is 9.77. The minimum atomic E-state index is -3.75. The first-order valence-corrected chi connectivity index (χ1v) is 12.7. The molecule has 34 heavy (non-hydrogen) atoms. The Bertz CT molecular complexity index is 1410. The molecule has 3 aromatic rings. The van der Waals surface area contributed by atoms with E-state index in [0.717, 1.165) is 34.4 Å². The molecular formula is C27H26N2O4S. The van der Waals surface area contributed by atoms with E-state index in [2.05, 4.69) is 22.2 Å². The molecule has 1 aliphatic heterocycles. The topological polar surface area (TPSA) is 95.5 Å². The van der Waals surface area contributed by atoms with E-state index in [9.17, 15) is 18.3 Å². The van der Waals surface area contributed by atoms with Gasteiger partial charge in [-0.05, 0) is 79.3 Å². The van der Waals surface area contributed by atoms with E-state index in [0.29, 0.717) is 5.69 Å². The van der Waals surface area contributed by atoms with Crippen molar-refractivity contribution in [1.29, 1.82) is 0 Å². The van der Waals surface area contributed by atoms with Crippen molar-refractivity contribution in [2.75, 3.05) is 10.0 Å². The average molecular weight is 475 g/mol. The zero-order valence-electron chi connectivity index (χ0n) is 18.9. The molecule has 0 radical (unpaired) electrons.